The zero-order valence-corrected chi connectivity index (χ0v) is 11.0. The van der Waals surface area contributed by atoms with Crippen LogP contribution in [0.15, 0.2) is 22.7 Å². The highest BCUT2D eigenvalue weighted by molar-refractivity contribution is 9.10. The lowest BCUT2D eigenvalue weighted by atomic mass is 10.1. The lowest BCUT2D eigenvalue weighted by molar-refractivity contribution is -0.115. The van der Waals surface area contributed by atoms with Gasteiger partial charge in [0.05, 0.1) is 16.6 Å². The Bertz CT molecular complexity index is 635. The minimum absolute atomic E-state index is 0.0332. The fourth-order valence-electron chi connectivity index (χ4n) is 2.07. The second-order valence-corrected chi connectivity index (χ2v) is 4.96. The average molecular weight is 307 g/mol. The van der Waals surface area contributed by atoms with Crippen molar-refractivity contribution in [1.29, 1.82) is 0 Å². The summed E-state index contributed by atoms with van der Waals surface area (Å²) in [5.74, 6) is 0.0332. The topological polar surface area (TPSA) is 83.8 Å². The molecule has 0 fully saturated rings. The third kappa shape index (κ3) is 1.74. The summed E-state index contributed by atoms with van der Waals surface area (Å²) in [4.78, 5) is 11.3. The van der Waals surface area contributed by atoms with Crippen LogP contribution in [0.2, 0.25) is 0 Å². The van der Waals surface area contributed by atoms with Gasteiger partial charge in [-0.25, -0.2) is 0 Å². The predicted molar refractivity (Wildman–Crippen MR) is 71.9 cm³/mol. The number of carbonyl (C=O) groups is 1. The molecule has 2 heterocycles. The third-order valence-corrected chi connectivity index (χ3v) is 3.84. The van der Waals surface area contributed by atoms with Gasteiger partial charge in [-0.1, -0.05) is 6.07 Å². The first-order chi connectivity index (χ1) is 8.69. The number of fused-ring (bicyclic) bond motifs is 1. The minimum atomic E-state index is 0.0332. The molecule has 2 aromatic rings. The van der Waals surface area contributed by atoms with Gasteiger partial charge in [0, 0.05) is 17.8 Å². The van der Waals surface area contributed by atoms with Crippen LogP contribution in [0.25, 0.3) is 11.3 Å². The van der Waals surface area contributed by atoms with Crippen molar-refractivity contribution < 1.29 is 4.79 Å². The van der Waals surface area contributed by atoms with E-state index in [0.717, 1.165) is 32.7 Å². The van der Waals surface area contributed by atoms with Crippen LogP contribution in [0, 0.1) is 0 Å². The molecule has 1 aromatic carbocycles. The Labute approximate surface area is 112 Å². The molecule has 0 saturated heterocycles. The zero-order chi connectivity index (χ0) is 12.7. The Morgan fingerprint density at radius 2 is 2.28 bits per heavy atom. The second kappa shape index (κ2) is 4.22. The predicted octanol–water partition coefficient (Wildman–Crippen LogP) is 1.79. The van der Waals surface area contributed by atoms with Crippen molar-refractivity contribution in [2.75, 3.05) is 5.32 Å². The van der Waals surface area contributed by atoms with Gasteiger partial charge in [0.1, 0.15) is 5.69 Å². The number of nitrogens with two attached hydrogens (primary N) is 1. The fourth-order valence-corrected chi connectivity index (χ4v) is 2.64. The monoisotopic (exact) mass is 306 g/mol. The Balaban J connectivity index is 2.05. The van der Waals surface area contributed by atoms with E-state index in [1.54, 1.807) is 0 Å². The van der Waals surface area contributed by atoms with Gasteiger partial charge in [-0.3, -0.25) is 9.89 Å². The number of aromatic amines is 1. The molecule has 4 N–H and O–H groups in total. The number of anilines is 1. The molecule has 0 bridgehead atoms. The maximum atomic E-state index is 11.3. The molecular formula is C12H11BrN4O. The number of amides is 1. The first-order valence-corrected chi connectivity index (χ1v) is 6.34. The van der Waals surface area contributed by atoms with Crippen LogP contribution in [0.1, 0.15) is 11.3 Å². The van der Waals surface area contributed by atoms with Crippen molar-refractivity contribution in [2.45, 2.75) is 13.0 Å². The van der Waals surface area contributed by atoms with Crippen molar-refractivity contribution in [2.24, 2.45) is 5.73 Å². The second-order valence-electron chi connectivity index (χ2n) is 4.17. The van der Waals surface area contributed by atoms with E-state index in [2.05, 4.69) is 31.4 Å². The van der Waals surface area contributed by atoms with Crippen LogP contribution in [0.5, 0.6) is 0 Å². The smallest absolute Gasteiger partial charge is 0.228 e. The lowest BCUT2D eigenvalue weighted by Crippen LogP contribution is -2.03. The number of benzene rings is 1. The summed E-state index contributed by atoms with van der Waals surface area (Å²) in [5.41, 5.74) is 10.1. The molecule has 0 radical (unpaired) electrons. The number of hydrogen-bond acceptors (Lipinski definition) is 3. The number of rotatable bonds is 2. The number of carbonyl (C=O) groups excluding carboxylic acids is 1. The van der Waals surface area contributed by atoms with Gasteiger partial charge >= 0.3 is 0 Å². The van der Waals surface area contributed by atoms with E-state index >= 15 is 0 Å². The molecule has 1 aliphatic heterocycles. The van der Waals surface area contributed by atoms with Gasteiger partial charge in [-0.2, -0.15) is 5.10 Å². The fraction of sp³-hybridized carbons (Fsp3) is 0.167. The molecule has 0 atom stereocenters. The quantitative estimate of drug-likeness (QED) is 0.791. The van der Waals surface area contributed by atoms with E-state index in [9.17, 15) is 4.79 Å². The Morgan fingerprint density at radius 3 is 3.00 bits per heavy atom. The first kappa shape index (κ1) is 11.4. The highest BCUT2D eigenvalue weighted by atomic mass is 79.9. The van der Waals surface area contributed by atoms with Crippen molar-refractivity contribution >= 4 is 27.5 Å². The molecule has 92 valence electrons. The maximum absolute atomic E-state index is 11.3. The summed E-state index contributed by atoms with van der Waals surface area (Å²) < 4.78 is 0.877. The standard InChI is InChI=1S/C12H11BrN4O/c13-11-9(5-14)16-17-12(11)6-1-2-8-7(3-6)4-10(18)15-8/h1-3H,4-5,14H2,(H,15,18)(H,16,17). The van der Waals surface area contributed by atoms with Crippen molar-refractivity contribution in [1.82, 2.24) is 10.2 Å². The molecule has 0 aliphatic carbocycles. The molecule has 6 heteroatoms. The van der Waals surface area contributed by atoms with E-state index < -0.39 is 0 Å². The number of halogens is 1. The molecule has 1 amide bonds. The van der Waals surface area contributed by atoms with Crippen molar-refractivity contribution in [3.63, 3.8) is 0 Å². The summed E-state index contributed by atoms with van der Waals surface area (Å²) in [6.07, 6.45) is 0.426. The van der Waals surface area contributed by atoms with E-state index in [1.807, 2.05) is 18.2 Å². The summed E-state index contributed by atoms with van der Waals surface area (Å²) in [6.45, 7) is 0.401. The molecular weight excluding hydrogens is 296 g/mol. The van der Waals surface area contributed by atoms with Crippen LogP contribution in [-0.4, -0.2) is 16.1 Å². The van der Waals surface area contributed by atoms with Crippen LogP contribution in [-0.2, 0) is 17.8 Å². The molecule has 1 aliphatic rings. The Kier molecular flexibility index (Phi) is 2.68. The molecule has 18 heavy (non-hydrogen) atoms. The Morgan fingerprint density at radius 1 is 1.44 bits per heavy atom. The summed E-state index contributed by atoms with van der Waals surface area (Å²) in [5, 5.41) is 9.95. The van der Waals surface area contributed by atoms with E-state index in [4.69, 9.17) is 5.73 Å². The van der Waals surface area contributed by atoms with Crippen LogP contribution in [0.4, 0.5) is 5.69 Å². The Hall–Kier alpha value is -1.66. The highest BCUT2D eigenvalue weighted by Crippen LogP contribution is 2.32. The number of hydrogen-bond donors (Lipinski definition) is 3. The van der Waals surface area contributed by atoms with Gasteiger partial charge < -0.3 is 11.1 Å². The normalized spacial score (nSPS) is 13.6. The number of aromatic nitrogens is 2. The summed E-state index contributed by atoms with van der Waals surface area (Å²) >= 11 is 3.48. The largest absolute Gasteiger partial charge is 0.326 e. The van der Waals surface area contributed by atoms with Gasteiger partial charge in [-0.15, -0.1) is 0 Å². The molecule has 1 aromatic heterocycles. The molecule has 0 unspecified atom stereocenters. The van der Waals surface area contributed by atoms with Crippen LogP contribution >= 0.6 is 15.9 Å². The number of nitrogens with zero attached hydrogens (tertiary/aromatic N) is 1. The van der Waals surface area contributed by atoms with Gasteiger partial charge in [0.15, 0.2) is 0 Å². The van der Waals surface area contributed by atoms with Crippen molar-refractivity contribution in [3.8, 4) is 11.3 Å². The summed E-state index contributed by atoms with van der Waals surface area (Å²) in [6, 6.07) is 5.82. The molecule has 0 spiro atoms. The van der Waals surface area contributed by atoms with E-state index in [-0.39, 0.29) is 5.91 Å². The van der Waals surface area contributed by atoms with Crippen molar-refractivity contribution in [3.05, 3.63) is 33.9 Å². The molecule has 0 saturated carbocycles. The number of H-pyrrole nitrogens is 1. The van der Waals surface area contributed by atoms with Crippen LogP contribution < -0.4 is 11.1 Å². The highest BCUT2D eigenvalue weighted by Gasteiger charge is 2.19. The third-order valence-electron chi connectivity index (χ3n) is 2.98. The molecule has 3 rings (SSSR count). The van der Waals surface area contributed by atoms with Gasteiger partial charge in [-0.05, 0) is 33.6 Å². The van der Waals surface area contributed by atoms with Gasteiger partial charge in [0.25, 0.3) is 0 Å². The summed E-state index contributed by atoms with van der Waals surface area (Å²) in [7, 11) is 0. The first-order valence-electron chi connectivity index (χ1n) is 5.55. The van der Waals surface area contributed by atoms with E-state index in [1.165, 1.54) is 0 Å². The van der Waals surface area contributed by atoms with Crippen LogP contribution in [0.3, 0.4) is 0 Å². The van der Waals surface area contributed by atoms with Gasteiger partial charge in [0.2, 0.25) is 5.91 Å². The maximum Gasteiger partial charge on any atom is 0.228 e. The lowest BCUT2D eigenvalue weighted by Gasteiger charge is -2.02. The number of nitrogens with one attached hydrogen (secondary N) is 2. The van der Waals surface area contributed by atoms with E-state index in [0.29, 0.717) is 13.0 Å². The molecule has 5 nitrogen and oxygen atoms in total. The zero-order valence-electron chi connectivity index (χ0n) is 9.46. The average Bonchev–Trinajstić information content (AvgIpc) is 2.89. The minimum Gasteiger partial charge on any atom is -0.326 e. The SMILES string of the molecule is NCc1[nH]nc(-c2ccc3c(c2)CC(=O)N3)c1Br.